The number of esters is 1. The predicted octanol–water partition coefficient (Wildman–Crippen LogP) is 7.48. The van der Waals surface area contributed by atoms with Gasteiger partial charge in [-0.2, -0.15) is 0 Å². The SMILES string of the molecule is COc1ccc([C@H](Cc2c(Cl)c[nH+]cc2Cl)OC(=O)c2cccc(CN(C(=O)O[C@H]3CN4CCC3CC4)c3ccc(F)cc3F)c2)cc1OC. The summed E-state index contributed by atoms with van der Waals surface area (Å²) in [6.45, 7) is 2.36. The summed E-state index contributed by atoms with van der Waals surface area (Å²) < 4.78 is 51.9. The molecule has 1 amide bonds. The summed E-state index contributed by atoms with van der Waals surface area (Å²) in [6.07, 6.45) is 3.17. The van der Waals surface area contributed by atoms with Crippen LogP contribution >= 0.6 is 23.2 Å². The molecule has 262 valence electrons. The van der Waals surface area contributed by atoms with Crippen LogP contribution in [0.15, 0.2) is 73.1 Å². The Hall–Kier alpha value is -4.45. The molecule has 3 aliphatic heterocycles. The van der Waals surface area contributed by atoms with Crippen molar-refractivity contribution in [1.29, 1.82) is 0 Å². The second kappa shape index (κ2) is 15.6. The van der Waals surface area contributed by atoms with Gasteiger partial charge in [0.2, 0.25) is 0 Å². The van der Waals surface area contributed by atoms with Crippen molar-refractivity contribution in [1.82, 2.24) is 4.90 Å². The van der Waals surface area contributed by atoms with Crippen LogP contribution in [0.1, 0.15) is 46.0 Å². The van der Waals surface area contributed by atoms with Crippen LogP contribution in [-0.4, -0.2) is 56.9 Å². The highest BCUT2D eigenvalue weighted by Crippen LogP contribution is 2.36. The third-order valence-electron chi connectivity index (χ3n) is 9.19. The molecule has 1 aromatic heterocycles. The molecule has 2 atom stereocenters. The lowest BCUT2D eigenvalue weighted by Crippen LogP contribution is -2.53. The fourth-order valence-corrected chi connectivity index (χ4v) is 7.03. The Morgan fingerprint density at radius 2 is 1.70 bits per heavy atom. The fourth-order valence-electron chi connectivity index (χ4n) is 6.50. The first-order valence-corrected chi connectivity index (χ1v) is 16.9. The molecule has 7 rings (SSSR count). The van der Waals surface area contributed by atoms with E-state index >= 15 is 4.39 Å². The quantitative estimate of drug-likeness (QED) is 0.148. The lowest BCUT2D eigenvalue weighted by atomic mass is 9.86. The number of carbonyl (C=O) groups excluding carboxylic acids is 2. The number of aromatic nitrogens is 1. The van der Waals surface area contributed by atoms with Crippen LogP contribution in [0.2, 0.25) is 10.0 Å². The van der Waals surface area contributed by atoms with E-state index in [1.165, 1.54) is 20.3 Å². The molecule has 0 aliphatic carbocycles. The zero-order valence-corrected chi connectivity index (χ0v) is 29.0. The summed E-state index contributed by atoms with van der Waals surface area (Å²) in [6, 6.07) is 14.6. The average molecular weight is 728 g/mol. The number of methoxy groups -OCH3 is 2. The van der Waals surface area contributed by atoms with Gasteiger partial charge < -0.3 is 18.9 Å². The molecular formula is C37H36Cl2F2N3O6+. The van der Waals surface area contributed by atoms with Gasteiger partial charge in [0, 0.05) is 24.6 Å². The minimum absolute atomic E-state index is 0.135. The van der Waals surface area contributed by atoms with Crippen LogP contribution in [-0.2, 0) is 22.4 Å². The van der Waals surface area contributed by atoms with Gasteiger partial charge in [-0.25, -0.2) is 23.4 Å². The summed E-state index contributed by atoms with van der Waals surface area (Å²) in [7, 11) is 3.02. The topological polar surface area (TPSA) is 91.7 Å². The summed E-state index contributed by atoms with van der Waals surface area (Å²) in [5.74, 6) is -1.21. The molecule has 13 heteroatoms. The number of nitrogens with zero attached hydrogens (tertiary/aromatic N) is 2. The minimum atomic E-state index is -0.917. The smallest absolute Gasteiger partial charge is 0.415 e. The largest absolute Gasteiger partial charge is 0.493 e. The van der Waals surface area contributed by atoms with Crippen molar-refractivity contribution in [2.75, 3.05) is 38.8 Å². The van der Waals surface area contributed by atoms with Gasteiger partial charge >= 0.3 is 12.1 Å². The summed E-state index contributed by atoms with van der Waals surface area (Å²) in [5.41, 5.74) is 1.68. The van der Waals surface area contributed by atoms with E-state index in [9.17, 15) is 14.0 Å². The Balaban J connectivity index is 1.27. The maximum atomic E-state index is 15.1. The van der Waals surface area contributed by atoms with Crippen LogP contribution < -0.4 is 19.4 Å². The lowest BCUT2D eigenvalue weighted by Gasteiger charge is -2.44. The molecule has 0 radical (unpaired) electrons. The summed E-state index contributed by atoms with van der Waals surface area (Å²) in [4.78, 5) is 33.7. The van der Waals surface area contributed by atoms with Gasteiger partial charge in [0.1, 0.15) is 33.9 Å². The summed E-state index contributed by atoms with van der Waals surface area (Å²) in [5, 5.41) is 0.721. The maximum Gasteiger partial charge on any atom is 0.415 e. The number of aromatic amines is 1. The molecule has 3 aliphatic rings. The van der Waals surface area contributed by atoms with Crippen molar-refractivity contribution in [3.05, 3.63) is 117 Å². The number of nitrogens with one attached hydrogen (secondary N) is 1. The Kier molecular flexibility index (Phi) is 11.1. The molecule has 50 heavy (non-hydrogen) atoms. The molecule has 9 nitrogen and oxygen atoms in total. The zero-order chi connectivity index (χ0) is 35.4. The van der Waals surface area contributed by atoms with E-state index in [2.05, 4.69) is 9.88 Å². The molecule has 2 bridgehead atoms. The van der Waals surface area contributed by atoms with Gasteiger partial charge in [-0.3, -0.25) is 9.80 Å². The standard InChI is InChI=1S/C37H35Cl2F2N3O6/c1-47-32-9-6-24(15-34(32)48-2)33(17-27-28(38)18-42-19-29(27)39)49-36(45)25-5-3-4-22(14-25)20-44(31-8-7-26(40)16-30(31)41)37(46)50-35-21-43-12-10-23(35)11-13-43/h3-9,14-16,18-19,23,33,35H,10-13,17,20-21H2,1-2H3/p+1/t33-,35-/m0/s1. The number of amides is 1. The van der Waals surface area contributed by atoms with Crippen LogP contribution in [0.3, 0.4) is 0 Å². The van der Waals surface area contributed by atoms with Gasteiger partial charge in [0.05, 0.1) is 32.0 Å². The van der Waals surface area contributed by atoms with Crippen LogP contribution in [0.4, 0.5) is 19.3 Å². The summed E-state index contributed by atoms with van der Waals surface area (Å²) >= 11 is 12.9. The Bertz CT molecular complexity index is 1850. The number of H-pyrrole nitrogens is 1. The molecule has 1 N–H and O–H groups in total. The second-order valence-electron chi connectivity index (χ2n) is 12.3. The van der Waals surface area contributed by atoms with Crippen LogP contribution in [0.25, 0.3) is 0 Å². The number of rotatable bonds is 11. The van der Waals surface area contributed by atoms with Crippen molar-refractivity contribution in [2.45, 2.75) is 38.0 Å². The molecule has 3 aromatic carbocycles. The molecule has 4 aromatic rings. The molecule has 4 heterocycles. The first-order chi connectivity index (χ1) is 24.1. The first-order valence-electron chi connectivity index (χ1n) is 16.1. The Morgan fingerprint density at radius 3 is 2.36 bits per heavy atom. The average Bonchev–Trinajstić information content (AvgIpc) is 3.12. The van der Waals surface area contributed by atoms with Crippen LogP contribution in [0, 0.1) is 17.6 Å². The third kappa shape index (κ3) is 7.96. The molecule has 0 unspecified atom stereocenters. The third-order valence-corrected chi connectivity index (χ3v) is 9.86. The van der Waals surface area contributed by atoms with E-state index in [0.29, 0.717) is 44.8 Å². The van der Waals surface area contributed by atoms with E-state index in [1.54, 1.807) is 54.9 Å². The highest BCUT2D eigenvalue weighted by atomic mass is 35.5. The lowest BCUT2D eigenvalue weighted by molar-refractivity contribution is -0.377. The van der Waals surface area contributed by atoms with E-state index in [-0.39, 0.29) is 36.2 Å². The van der Waals surface area contributed by atoms with Crippen molar-refractivity contribution in [3.8, 4) is 11.5 Å². The molecule has 3 fully saturated rings. The van der Waals surface area contributed by atoms with Crippen molar-refractivity contribution in [2.24, 2.45) is 5.92 Å². The number of ether oxygens (including phenoxy) is 4. The first kappa shape index (κ1) is 35.4. The van der Waals surface area contributed by atoms with Crippen molar-refractivity contribution in [3.63, 3.8) is 0 Å². The fraction of sp³-hybridized carbons (Fsp3) is 0.324. The van der Waals surface area contributed by atoms with Gasteiger partial charge in [0.25, 0.3) is 0 Å². The van der Waals surface area contributed by atoms with E-state index in [0.717, 1.165) is 43.0 Å². The highest BCUT2D eigenvalue weighted by molar-refractivity contribution is 6.35. The zero-order valence-electron chi connectivity index (χ0n) is 27.5. The Morgan fingerprint density at radius 1 is 0.960 bits per heavy atom. The van der Waals surface area contributed by atoms with Gasteiger partial charge in [-0.1, -0.05) is 41.4 Å². The number of hydrogen-bond donors (Lipinski definition) is 0. The van der Waals surface area contributed by atoms with Crippen LogP contribution in [0.5, 0.6) is 11.5 Å². The van der Waals surface area contributed by atoms with E-state index < -0.39 is 29.8 Å². The number of fused-ring (bicyclic) bond motifs is 3. The molecule has 0 saturated carbocycles. The highest BCUT2D eigenvalue weighted by Gasteiger charge is 2.38. The number of hydrogen-bond acceptors (Lipinski definition) is 7. The number of benzene rings is 3. The van der Waals surface area contributed by atoms with Crippen molar-refractivity contribution >= 4 is 41.0 Å². The number of pyridine rings is 1. The van der Waals surface area contributed by atoms with Gasteiger partial charge in [0.15, 0.2) is 23.9 Å². The number of anilines is 1. The van der Waals surface area contributed by atoms with E-state index in [4.69, 9.17) is 42.1 Å². The predicted molar refractivity (Wildman–Crippen MR) is 183 cm³/mol. The number of piperidine rings is 3. The van der Waals surface area contributed by atoms with Crippen molar-refractivity contribution < 1.29 is 42.3 Å². The molecule has 3 saturated heterocycles. The number of carbonyl (C=O) groups is 2. The maximum absolute atomic E-state index is 15.1. The minimum Gasteiger partial charge on any atom is -0.493 e. The second-order valence-corrected chi connectivity index (χ2v) is 13.1. The Labute approximate surface area is 298 Å². The molecule has 0 spiro atoms. The van der Waals surface area contributed by atoms with Gasteiger partial charge in [-0.05, 0) is 79.4 Å². The normalized spacial score (nSPS) is 18.6. The molecular weight excluding hydrogens is 691 g/mol. The monoisotopic (exact) mass is 726 g/mol. The van der Waals surface area contributed by atoms with E-state index in [1.807, 2.05) is 0 Å². The number of halogens is 4. The van der Waals surface area contributed by atoms with Gasteiger partial charge in [-0.15, -0.1) is 0 Å².